The summed E-state index contributed by atoms with van der Waals surface area (Å²) in [6.07, 6.45) is 0. The van der Waals surface area contributed by atoms with E-state index in [1.807, 2.05) is 36.1 Å². The highest BCUT2D eigenvalue weighted by atomic mass is 35.5. The highest BCUT2D eigenvalue weighted by molar-refractivity contribution is 8.04. The molecule has 0 N–H and O–H groups in total. The third kappa shape index (κ3) is 3.55. The number of imide groups is 1. The quantitative estimate of drug-likeness (QED) is 0.711. The maximum absolute atomic E-state index is 13.3. The zero-order chi connectivity index (χ0) is 19.7. The molecule has 144 valence electrons. The summed E-state index contributed by atoms with van der Waals surface area (Å²) in [6.45, 7) is 4.21. The number of aryl methyl sites for hydroxylation is 1. The molecule has 7 heteroatoms. The van der Waals surface area contributed by atoms with Crippen molar-refractivity contribution in [2.24, 2.45) is 0 Å². The van der Waals surface area contributed by atoms with E-state index in [0.29, 0.717) is 47.6 Å². The molecule has 2 aliphatic rings. The maximum Gasteiger partial charge on any atom is 0.283 e. The van der Waals surface area contributed by atoms with E-state index in [4.69, 9.17) is 16.3 Å². The number of amides is 2. The number of nitrogens with zero attached hydrogens (tertiary/aromatic N) is 2. The van der Waals surface area contributed by atoms with Gasteiger partial charge in [0.1, 0.15) is 10.6 Å². The molecule has 0 aliphatic carbocycles. The number of carbonyl (C=O) groups excluding carboxylic acids is 2. The van der Waals surface area contributed by atoms with Crippen LogP contribution in [0.3, 0.4) is 0 Å². The fourth-order valence-corrected chi connectivity index (χ4v) is 4.45. The van der Waals surface area contributed by atoms with Crippen LogP contribution in [0.1, 0.15) is 5.56 Å². The van der Waals surface area contributed by atoms with Crippen molar-refractivity contribution in [2.75, 3.05) is 31.2 Å². The van der Waals surface area contributed by atoms with Gasteiger partial charge in [0.2, 0.25) is 0 Å². The molecule has 0 radical (unpaired) electrons. The first kappa shape index (κ1) is 19.1. The first-order chi connectivity index (χ1) is 13.6. The van der Waals surface area contributed by atoms with E-state index >= 15 is 0 Å². The minimum absolute atomic E-state index is 0.338. The van der Waals surface area contributed by atoms with Crippen molar-refractivity contribution in [3.63, 3.8) is 0 Å². The third-order valence-corrected chi connectivity index (χ3v) is 6.08. The van der Waals surface area contributed by atoms with Gasteiger partial charge in [-0.2, -0.15) is 0 Å². The second kappa shape index (κ2) is 7.99. The molecule has 0 aromatic heterocycles. The largest absolute Gasteiger partial charge is 0.378 e. The van der Waals surface area contributed by atoms with Crippen LogP contribution < -0.4 is 4.90 Å². The van der Waals surface area contributed by atoms with Gasteiger partial charge in [-0.1, -0.05) is 53.2 Å². The van der Waals surface area contributed by atoms with Crippen LogP contribution in [0.5, 0.6) is 0 Å². The van der Waals surface area contributed by atoms with Gasteiger partial charge >= 0.3 is 0 Å². The van der Waals surface area contributed by atoms with Gasteiger partial charge in [-0.25, -0.2) is 4.90 Å². The third-order valence-electron chi connectivity index (χ3n) is 4.68. The van der Waals surface area contributed by atoms with Gasteiger partial charge in [0, 0.05) is 18.0 Å². The number of ether oxygens (including phenoxy) is 1. The minimum atomic E-state index is -0.342. The van der Waals surface area contributed by atoms with Crippen molar-refractivity contribution in [2.45, 2.75) is 11.8 Å². The highest BCUT2D eigenvalue weighted by Crippen LogP contribution is 2.40. The van der Waals surface area contributed by atoms with Gasteiger partial charge in [-0.15, -0.1) is 0 Å². The van der Waals surface area contributed by atoms with Crippen molar-refractivity contribution < 1.29 is 14.3 Å². The van der Waals surface area contributed by atoms with Crippen molar-refractivity contribution in [1.29, 1.82) is 0 Å². The summed E-state index contributed by atoms with van der Waals surface area (Å²) >= 11 is 7.61. The fraction of sp³-hybridized carbons (Fsp3) is 0.238. The Morgan fingerprint density at radius 3 is 2.32 bits per heavy atom. The lowest BCUT2D eigenvalue weighted by Gasteiger charge is -2.29. The van der Waals surface area contributed by atoms with Crippen molar-refractivity contribution in [3.05, 3.63) is 69.7 Å². The van der Waals surface area contributed by atoms with Gasteiger partial charge < -0.3 is 9.64 Å². The maximum atomic E-state index is 13.3. The lowest BCUT2D eigenvalue weighted by atomic mass is 10.2. The van der Waals surface area contributed by atoms with Gasteiger partial charge in [0.15, 0.2) is 0 Å². The Balaban J connectivity index is 1.75. The van der Waals surface area contributed by atoms with Crippen LogP contribution in [-0.2, 0) is 14.3 Å². The number of hydrogen-bond donors (Lipinski definition) is 0. The molecule has 0 spiro atoms. The van der Waals surface area contributed by atoms with Gasteiger partial charge in [-0.05, 0) is 31.2 Å². The van der Waals surface area contributed by atoms with E-state index in [0.717, 1.165) is 10.5 Å². The number of anilines is 1. The SMILES string of the molecule is Cc1ccc(SC2=C(N3CCOCC3)C(=O)N(c3ccccc3Cl)C2=O)cc1. The fourth-order valence-electron chi connectivity index (χ4n) is 3.23. The molecule has 2 aromatic rings. The Morgan fingerprint density at radius 1 is 0.964 bits per heavy atom. The standard InChI is InChI=1S/C21H19ClN2O3S/c1-14-6-8-15(9-7-14)28-19-18(23-10-12-27-13-11-23)20(25)24(21(19)26)17-5-3-2-4-16(17)22/h2-9H,10-13H2,1H3. The number of thioether (sulfide) groups is 1. The van der Waals surface area contributed by atoms with Crippen molar-refractivity contribution in [3.8, 4) is 0 Å². The van der Waals surface area contributed by atoms with Crippen molar-refractivity contribution >= 4 is 40.9 Å². The zero-order valence-electron chi connectivity index (χ0n) is 15.4. The van der Waals surface area contributed by atoms with E-state index in [9.17, 15) is 9.59 Å². The van der Waals surface area contributed by atoms with Crippen molar-refractivity contribution in [1.82, 2.24) is 4.90 Å². The Labute approximate surface area is 172 Å². The van der Waals surface area contributed by atoms with E-state index in [1.165, 1.54) is 16.7 Å². The van der Waals surface area contributed by atoms with E-state index in [1.54, 1.807) is 24.3 Å². The second-order valence-corrected chi connectivity index (χ2v) is 8.08. The van der Waals surface area contributed by atoms with Crippen LogP contribution in [0.15, 0.2) is 64.0 Å². The normalized spacial score (nSPS) is 17.6. The number of benzene rings is 2. The highest BCUT2D eigenvalue weighted by Gasteiger charge is 2.43. The summed E-state index contributed by atoms with van der Waals surface area (Å²) in [7, 11) is 0. The molecule has 2 amide bonds. The molecule has 0 bridgehead atoms. The summed E-state index contributed by atoms with van der Waals surface area (Å²) in [5, 5.41) is 0.368. The lowest BCUT2D eigenvalue weighted by Crippen LogP contribution is -2.40. The van der Waals surface area contributed by atoms with E-state index < -0.39 is 0 Å². The van der Waals surface area contributed by atoms with Gasteiger partial charge in [0.05, 0.1) is 23.9 Å². The molecule has 2 aliphatic heterocycles. The zero-order valence-corrected chi connectivity index (χ0v) is 16.9. The molecule has 0 atom stereocenters. The Hall–Kier alpha value is -2.28. The number of hydrogen-bond acceptors (Lipinski definition) is 5. The number of halogens is 1. The molecule has 0 unspecified atom stereocenters. The van der Waals surface area contributed by atoms with E-state index in [2.05, 4.69) is 0 Å². The topological polar surface area (TPSA) is 49.9 Å². The number of carbonyl (C=O) groups is 2. The predicted molar refractivity (Wildman–Crippen MR) is 110 cm³/mol. The minimum Gasteiger partial charge on any atom is -0.378 e. The summed E-state index contributed by atoms with van der Waals surface area (Å²) in [5.74, 6) is -0.681. The van der Waals surface area contributed by atoms with Gasteiger partial charge in [0.25, 0.3) is 11.8 Å². The van der Waals surface area contributed by atoms with Crippen LogP contribution in [0.25, 0.3) is 0 Å². The van der Waals surface area contributed by atoms with Crippen LogP contribution in [-0.4, -0.2) is 43.0 Å². The molecule has 4 rings (SSSR count). The summed E-state index contributed by atoms with van der Waals surface area (Å²) in [6, 6.07) is 14.8. The Morgan fingerprint density at radius 2 is 1.64 bits per heavy atom. The molecule has 0 saturated carbocycles. The molecule has 2 aromatic carbocycles. The molecule has 1 saturated heterocycles. The number of para-hydroxylation sites is 1. The Kier molecular flexibility index (Phi) is 5.44. The molecule has 2 heterocycles. The monoisotopic (exact) mass is 414 g/mol. The van der Waals surface area contributed by atoms with Crippen LogP contribution in [0, 0.1) is 6.92 Å². The van der Waals surface area contributed by atoms with Gasteiger partial charge in [-0.3, -0.25) is 9.59 Å². The molecule has 1 fully saturated rings. The lowest BCUT2D eigenvalue weighted by molar-refractivity contribution is -0.121. The summed E-state index contributed by atoms with van der Waals surface area (Å²) in [4.78, 5) is 31.1. The average Bonchev–Trinajstić information content (AvgIpc) is 2.95. The molecular weight excluding hydrogens is 396 g/mol. The average molecular weight is 415 g/mol. The predicted octanol–water partition coefficient (Wildman–Crippen LogP) is 3.86. The molecule has 28 heavy (non-hydrogen) atoms. The van der Waals surface area contributed by atoms with E-state index in [-0.39, 0.29) is 11.8 Å². The molecule has 5 nitrogen and oxygen atoms in total. The first-order valence-corrected chi connectivity index (χ1v) is 10.2. The second-order valence-electron chi connectivity index (χ2n) is 6.59. The number of rotatable bonds is 4. The smallest absolute Gasteiger partial charge is 0.283 e. The van der Waals surface area contributed by atoms with Crippen LogP contribution >= 0.6 is 23.4 Å². The first-order valence-electron chi connectivity index (χ1n) is 9.01. The summed E-state index contributed by atoms with van der Waals surface area (Å²) in [5.41, 5.74) is 1.97. The van der Waals surface area contributed by atoms with Crippen LogP contribution in [0.2, 0.25) is 5.02 Å². The molecular formula is C21H19ClN2O3S. The Bertz CT molecular complexity index is 952. The number of morpholine rings is 1. The summed E-state index contributed by atoms with van der Waals surface area (Å²) < 4.78 is 5.42. The van der Waals surface area contributed by atoms with Crippen LogP contribution in [0.4, 0.5) is 5.69 Å².